The smallest absolute Gasteiger partial charge is 0.347 e. The molecule has 1 aromatic carbocycles. The minimum Gasteiger partial charge on any atom is -0.478 e. The molecule has 1 atom stereocenters. The number of esters is 1. The highest BCUT2D eigenvalue weighted by Crippen LogP contribution is 2.18. The molecule has 1 aromatic rings. The van der Waals surface area contributed by atoms with E-state index in [9.17, 15) is 9.59 Å². The van der Waals surface area contributed by atoms with Crippen molar-refractivity contribution in [3.8, 4) is 5.75 Å². The zero-order chi connectivity index (χ0) is 15.1. The molecule has 0 saturated heterocycles. The van der Waals surface area contributed by atoms with Crippen LogP contribution in [0.2, 0.25) is 0 Å². The zero-order valence-electron chi connectivity index (χ0n) is 12.5. The zero-order valence-corrected chi connectivity index (χ0v) is 12.5. The maximum Gasteiger partial charge on any atom is 0.347 e. The van der Waals surface area contributed by atoms with E-state index in [1.165, 1.54) is 0 Å². The fourth-order valence-electron chi connectivity index (χ4n) is 1.80. The minimum atomic E-state index is -0.617. The van der Waals surface area contributed by atoms with E-state index in [2.05, 4.69) is 0 Å². The first-order chi connectivity index (χ1) is 9.43. The fraction of sp³-hybridized carbons (Fsp3) is 0.500. The van der Waals surface area contributed by atoms with Crippen LogP contribution in [0.1, 0.15) is 33.3 Å². The molecule has 0 aromatic heterocycles. The molecule has 0 aliphatic rings. The lowest BCUT2D eigenvalue weighted by Gasteiger charge is -2.20. The van der Waals surface area contributed by atoms with Crippen molar-refractivity contribution in [3.05, 3.63) is 29.8 Å². The molecule has 0 heterocycles. The van der Waals surface area contributed by atoms with Gasteiger partial charge in [-0.3, -0.25) is 4.79 Å². The second-order valence-corrected chi connectivity index (χ2v) is 5.06. The molecule has 0 aliphatic heterocycles. The van der Waals surface area contributed by atoms with Crippen LogP contribution >= 0.6 is 0 Å². The molecule has 4 heteroatoms. The minimum absolute atomic E-state index is 0.0194. The Morgan fingerprint density at radius 2 is 1.75 bits per heavy atom. The van der Waals surface area contributed by atoms with E-state index in [0.717, 1.165) is 5.56 Å². The van der Waals surface area contributed by atoms with Crippen molar-refractivity contribution in [3.63, 3.8) is 0 Å². The molecule has 0 N–H and O–H groups in total. The SMILES string of the molecule is CCOC(=O)C(Oc1ccc(CC(C)=O)cc1)C(C)C. The van der Waals surface area contributed by atoms with Gasteiger partial charge in [-0.2, -0.15) is 0 Å². The average Bonchev–Trinajstić information content (AvgIpc) is 2.37. The van der Waals surface area contributed by atoms with Crippen molar-refractivity contribution < 1.29 is 19.1 Å². The predicted octanol–water partition coefficient (Wildman–Crippen LogP) is 2.78. The van der Waals surface area contributed by atoms with Crippen LogP contribution in [0.25, 0.3) is 0 Å². The molecule has 1 unspecified atom stereocenters. The fourth-order valence-corrected chi connectivity index (χ4v) is 1.80. The normalized spacial score (nSPS) is 12.1. The van der Waals surface area contributed by atoms with Crippen molar-refractivity contribution >= 4 is 11.8 Å². The number of hydrogen-bond donors (Lipinski definition) is 0. The Kier molecular flexibility index (Phi) is 6.22. The number of carbonyl (C=O) groups excluding carboxylic acids is 2. The monoisotopic (exact) mass is 278 g/mol. The second kappa shape index (κ2) is 7.68. The molecule has 0 amide bonds. The van der Waals surface area contributed by atoms with Gasteiger partial charge in [0.1, 0.15) is 11.5 Å². The molecule has 20 heavy (non-hydrogen) atoms. The maximum absolute atomic E-state index is 11.8. The highest BCUT2D eigenvalue weighted by Gasteiger charge is 2.25. The molecule has 1 rings (SSSR count). The molecular weight excluding hydrogens is 256 g/mol. The Balaban J connectivity index is 2.74. The number of ether oxygens (including phenoxy) is 2. The number of hydrogen-bond acceptors (Lipinski definition) is 4. The van der Waals surface area contributed by atoms with Gasteiger partial charge >= 0.3 is 5.97 Å². The highest BCUT2D eigenvalue weighted by atomic mass is 16.6. The summed E-state index contributed by atoms with van der Waals surface area (Å²) in [5, 5.41) is 0. The van der Waals surface area contributed by atoms with E-state index in [1.54, 1.807) is 26.0 Å². The lowest BCUT2D eigenvalue weighted by molar-refractivity contribution is -0.153. The van der Waals surface area contributed by atoms with Crippen molar-refractivity contribution in [1.82, 2.24) is 0 Å². The standard InChI is InChI=1S/C16H22O4/c1-5-19-16(18)15(11(2)3)20-14-8-6-13(7-9-14)10-12(4)17/h6-9,11,15H,5,10H2,1-4H3. The van der Waals surface area contributed by atoms with Gasteiger partial charge < -0.3 is 9.47 Å². The van der Waals surface area contributed by atoms with Crippen LogP contribution in [0.4, 0.5) is 0 Å². The van der Waals surface area contributed by atoms with E-state index in [1.807, 2.05) is 26.0 Å². The van der Waals surface area contributed by atoms with Crippen LogP contribution in [-0.4, -0.2) is 24.5 Å². The maximum atomic E-state index is 11.8. The van der Waals surface area contributed by atoms with Crippen LogP contribution in [-0.2, 0) is 20.7 Å². The molecule has 0 bridgehead atoms. The van der Waals surface area contributed by atoms with Crippen LogP contribution in [0.15, 0.2) is 24.3 Å². The summed E-state index contributed by atoms with van der Waals surface area (Å²) in [7, 11) is 0. The first-order valence-corrected chi connectivity index (χ1v) is 6.85. The van der Waals surface area contributed by atoms with Gasteiger partial charge in [-0.1, -0.05) is 26.0 Å². The highest BCUT2D eigenvalue weighted by molar-refractivity contribution is 5.78. The molecular formula is C16H22O4. The van der Waals surface area contributed by atoms with Gasteiger partial charge in [-0.25, -0.2) is 4.79 Å². The summed E-state index contributed by atoms with van der Waals surface area (Å²) in [5.74, 6) is 0.385. The average molecular weight is 278 g/mol. The summed E-state index contributed by atoms with van der Waals surface area (Å²) in [4.78, 5) is 22.8. The summed E-state index contributed by atoms with van der Waals surface area (Å²) in [5.41, 5.74) is 0.932. The van der Waals surface area contributed by atoms with E-state index in [0.29, 0.717) is 18.8 Å². The number of Topliss-reactive ketones (excluding diaryl/α,β-unsaturated/α-hetero) is 1. The van der Waals surface area contributed by atoms with Gasteiger partial charge in [-0.05, 0) is 31.5 Å². The molecule has 0 fully saturated rings. The van der Waals surface area contributed by atoms with Crippen molar-refractivity contribution in [1.29, 1.82) is 0 Å². The first kappa shape index (κ1) is 16.2. The summed E-state index contributed by atoms with van der Waals surface area (Å²) >= 11 is 0. The van der Waals surface area contributed by atoms with E-state index >= 15 is 0 Å². The molecule has 0 aliphatic carbocycles. The lowest BCUT2D eigenvalue weighted by atomic mass is 10.1. The summed E-state index contributed by atoms with van der Waals surface area (Å²) < 4.78 is 10.7. The topological polar surface area (TPSA) is 52.6 Å². The van der Waals surface area contributed by atoms with Crippen molar-refractivity contribution in [2.45, 2.75) is 40.2 Å². The van der Waals surface area contributed by atoms with Gasteiger partial charge in [0.2, 0.25) is 0 Å². The third-order valence-electron chi connectivity index (χ3n) is 2.76. The second-order valence-electron chi connectivity index (χ2n) is 5.06. The quantitative estimate of drug-likeness (QED) is 0.720. The Bertz CT molecular complexity index is 448. The number of benzene rings is 1. The number of carbonyl (C=O) groups is 2. The third kappa shape index (κ3) is 5.03. The number of ketones is 1. The van der Waals surface area contributed by atoms with Crippen molar-refractivity contribution in [2.24, 2.45) is 5.92 Å². The summed E-state index contributed by atoms with van der Waals surface area (Å²) in [6.07, 6.45) is -0.209. The molecule has 0 radical (unpaired) electrons. The Hall–Kier alpha value is -1.84. The Morgan fingerprint density at radius 1 is 1.15 bits per heavy atom. The van der Waals surface area contributed by atoms with E-state index in [4.69, 9.17) is 9.47 Å². The van der Waals surface area contributed by atoms with Gasteiger partial charge in [-0.15, -0.1) is 0 Å². The van der Waals surface area contributed by atoms with Gasteiger partial charge in [0.05, 0.1) is 6.61 Å². The molecule has 110 valence electrons. The number of rotatable bonds is 7. The van der Waals surface area contributed by atoms with Crippen LogP contribution in [0.3, 0.4) is 0 Å². The van der Waals surface area contributed by atoms with E-state index in [-0.39, 0.29) is 17.7 Å². The van der Waals surface area contributed by atoms with Crippen LogP contribution in [0.5, 0.6) is 5.75 Å². The van der Waals surface area contributed by atoms with E-state index < -0.39 is 6.10 Å². The molecule has 0 saturated carbocycles. The Labute approximate surface area is 120 Å². The lowest BCUT2D eigenvalue weighted by Crippen LogP contribution is -2.34. The van der Waals surface area contributed by atoms with Crippen LogP contribution in [0, 0.1) is 5.92 Å². The van der Waals surface area contributed by atoms with Crippen molar-refractivity contribution in [2.75, 3.05) is 6.61 Å². The van der Waals surface area contributed by atoms with Gasteiger partial charge in [0.15, 0.2) is 6.10 Å². The molecule has 4 nitrogen and oxygen atoms in total. The summed E-state index contributed by atoms with van der Waals surface area (Å²) in [6.45, 7) is 7.48. The van der Waals surface area contributed by atoms with Gasteiger partial charge in [0.25, 0.3) is 0 Å². The van der Waals surface area contributed by atoms with Gasteiger partial charge in [0, 0.05) is 12.3 Å². The first-order valence-electron chi connectivity index (χ1n) is 6.85. The largest absolute Gasteiger partial charge is 0.478 e. The Morgan fingerprint density at radius 3 is 2.20 bits per heavy atom. The third-order valence-corrected chi connectivity index (χ3v) is 2.76. The molecule has 0 spiro atoms. The summed E-state index contributed by atoms with van der Waals surface area (Å²) in [6, 6.07) is 7.21. The predicted molar refractivity (Wildman–Crippen MR) is 76.7 cm³/mol. The van der Waals surface area contributed by atoms with Crippen LogP contribution < -0.4 is 4.74 Å².